The maximum Gasteiger partial charge on any atom is 0.128 e. The van der Waals surface area contributed by atoms with E-state index in [0.717, 1.165) is 77.6 Å². The van der Waals surface area contributed by atoms with E-state index >= 15 is 0 Å². The maximum absolute atomic E-state index is 4.87. The molecule has 1 saturated heterocycles. The van der Waals surface area contributed by atoms with E-state index in [0.29, 0.717) is 6.54 Å². The zero-order chi connectivity index (χ0) is 25.2. The average Bonchev–Trinajstić information content (AvgIpc) is 3.56. The third-order valence-corrected chi connectivity index (χ3v) is 6.87. The molecule has 9 heteroatoms. The minimum atomic E-state index is 0.511. The second-order valence-corrected chi connectivity index (χ2v) is 9.38. The summed E-state index contributed by atoms with van der Waals surface area (Å²) in [6, 6.07) is 12.6. The number of fused-ring (bicyclic) bond motifs is 1. The van der Waals surface area contributed by atoms with Gasteiger partial charge in [0.2, 0.25) is 0 Å². The lowest BCUT2D eigenvalue weighted by atomic mass is 10.0. The van der Waals surface area contributed by atoms with Crippen LogP contribution in [0.3, 0.4) is 0 Å². The Kier molecular flexibility index (Phi) is 6.20. The highest BCUT2D eigenvalue weighted by molar-refractivity contribution is 5.86. The number of nitrogens with zero attached hydrogens (tertiary/aromatic N) is 9. The molecule has 0 radical (unpaired) electrons. The van der Waals surface area contributed by atoms with Gasteiger partial charge in [0, 0.05) is 92.4 Å². The molecule has 1 aliphatic rings. The number of aromatic nitrogens is 6. The molecule has 0 N–H and O–H groups in total. The van der Waals surface area contributed by atoms with Crippen LogP contribution < -0.4 is 4.90 Å². The van der Waals surface area contributed by atoms with Crippen LogP contribution in [0, 0.1) is 0 Å². The summed E-state index contributed by atoms with van der Waals surface area (Å²) in [7, 11) is 1.92. The molecule has 0 atom stereocenters. The van der Waals surface area contributed by atoms with Crippen molar-refractivity contribution in [3.8, 4) is 22.3 Å². The maximum atomic E-state index is 4.87. The first-order valence-electron chi connectivity index (χ1n) is 12.4. The number of pyridine rings is 3. The Hall–Kier alpha value is -4.37. The number of hydrogen-bond donors (Lipinski definition) is 0. The summed E-state index contributed by atoms with van der Waals surface area (Å²) in [5.41, 5.74) is 7.37. The summed E-state index contributed by atoms with van der Waals surface area (Å²) in [4.78, 5) is 18.2. The zero-order valence-electron chi connectivity index (χ0n) is 20.9. The lowest BCUT2D eigenvalue weighted by Crippen LogP contribution is -2.46. The molecule has 5 aromatic heterocycles. The van der Waals surface area contributed by atoms with Crippen LogP contribution in [0.2, 0.25) is 0 Å². The molecule has 0 aromatic carbocycles. The van der Waals surface area contributed by atoms with Gasteiger partial charge in [0.25, 0.3) is 0 Å². The first-order chi connectivity index (χ1) is 18.2. The fraction of sp³-hybridized carbons (Fsp3) is 0.250. The van der Waals surface area contributed by atoms with E-state index in [9.17, 15) is 0 Å². The molecule has 5 aromatic rings. The summed E-state index contributed by atoms with van der Waals surface area (Å²) in [5.74, 6) is 1.00. The van der Waals surface area contributed by atoms with Gasteiger partial charge < -0.3 is 4.90 Å². The first-order valence-corrected chi connectivity index (χ1v) is 12.4. The topological polar surface area (TPSA) is 79.7 Å². The van der Waals surface area contributed by atoms with Gasteiger partial charge in [0.15, 0.2) is 0 Å². The number of piperazine rings is 1. The monoisotopic (exact) mass is 491 g/mol. The quantitative estimate of drug-likeness (QED) is 0.323. The van der Waals surface area contributed by atoms with Gasteiger partial charge in [-0.15, -0.1) is 0 Å². The fourth-order valence-corrected chi connectivity index (χ4v) is 4.96. The molecule has 0 aliphatic carbocycles. The van der Waals surface area contributed by atoms with Gasteiger partial charge in [-0.25, -0.2) is 9.50 Å². The van der Waals surface area contributed by atoms with Crippen molar-refractivity contribution in [2.24, 2.45) is 12.0 Å². The van der Waals surface area contributed by atoms with Crippen molar-refractivity contribution in [1.29, 1.82) is 0 Å². The van der Waals surface area contributed by atoms with Crippen LogP contribution in [0.4, 0.5) is 5.82 Å². The molecular weight excluding hydrogens is 462 g/mol. The largest absolute Gasteiger partial charge is 0.354 e. The number of hydrogen-bond acceptors (Lipinski definition) is 7. The molecule has 0 unspecified atom stereocenters. The molecular formula is C28H29N9. The van der Waals surface area contributed by atoms with Crippen LogP contribution in [0.1, 0.15) is 11.3 Å². The zero-order valence-corrected chi connectivity index (χ0v) is 20.9. The van der Waals surface area contributed by atoms with E-state index < -0.39 is 0 Å². The number of rotatable bonds is 7. The molecule has 1 fully saturated rings. The molecule has 186 valence electrons. The molecule has 0 saturated carbocycles. The Balaban J connectivity index is 1.26. The second-order valence-electron chi connectivity index (χ2n) is 9.38. The van der Waals surface area contributed by atoms with Crippen molar-refractivity contribution in [3.05, 3.63) is 84.8 Å². The normalized spacial score (nSPS) is 14.4. The Morgan fingerprint density at radius 2 is 1.78 bits per heavy atom. The van der Waals surface area contributed by atoms with Gasteiger partial charge in [0.05, 0.1) is 30.1 Å². The highest BCUT2D eigenvalue weighted by atomic mass is 15.3. The number of aliphatic imine (C=N–C) groups is 1. The van der Waals surface area contributed by atoms with Crippen molar-refractivity contribution in [2.75, 3.05) is 31.1 Å². The van der Waals surface area contributed by atoms with Gasteiger partial charge in [-0.2, -0.15) is 10.2 Å². The minimum Gasteiger partial charge on any atom is -0.354 e. The van der Waals surface area contributed by atoms with Crippen LogP contribution in [-0.2, 0) is 20.1 Å². The highest BCUT2D eigenvalue weighted by Gasteiger charge is 2.19. The lowest BCUT2D eigenvalue weighted by Gasteiger charge is -2.35. The predicted octanol–water partition coefficient (Wildman–Crippen LogP) is 3.71. The minimum absolute atomic E-state index is 0.511. The fourth-order valence-electron chi connectivity index (χ4n) is 4.96. The molecule has 37 heavy (non-hydrogen) atoms. The third-order valence-electron chi connectivity index (χ3n) is 6.87. The van der Waals surface area contributed by atoms with E-state index in [1.807, 2.05) is 65.6 Å². The molecule has 6 heterocycles. The van der Waals surface area contributed by atoms with Gasteiger partial charge in [-0.1, -0.05) is 6.07 Å². The van der Waals surface area contributed by atoms with Crippen molar-refractivity contribution in [3.63, 3.8) is 0 Å². The number of aryl methyl sites for hydroxylation is 1. The first kappa shape index (κ1) is 23.1. The van der Waals surface area contributed by atoms with Crippen LogP contribution in [0.15, 0.2) is 78.6 Å². The van der Waals surface area contributed by atoms with E-state index in [1.54, 1.807) is 0 Å². The summed E-state index contributed by atoms with van der Waals surface area (Å²) in [6.45, 7) is 8.94. The van der Waals surface area contributed by atoms with Crippen LogP contribution in [-0.4, -0.2) is 67.2 Å². The van der Waals surface area contributed by atoms with Gasteiger partial charge in [0.1, 0.15) is 5.82 Å². The van der Waals surface area contributed by atoms with Gasteiger partial charge in [-0.05, 0) is 37.0 Å². The second kappa shape index (κ2) is 9.94. The van der Waals surface area contributed by atoms with E-state index in [4.69, 9.17) is 4.98 Å². The average molecular weight is 492 g/mol. The molecule has 1 aliphatic heterocycles. The standard InChI is InChI=1S/C28H29N9/c1-29-14-23-16-33-37-19-22(24-17-32-34(2)18-24)13-26(28(23)37)21-6-7-27(31-15-21)36-11-9-35(10-12-36)20-25-5-3-4-8-30-25/h3-8,13,15-19H,1,9-12,14,20H2,2H3. The molecule has 0 spiro atoms. The Morgan fingerprint density at radius 3 is 2.49 bits per heavy atom. The summed E-state index contributed by atoms with van der Waals surface area (Å²) >= 11 is 0. The Bertz CT molecular complexity index is 1510. The smallest absolute Gasteiger partial charge is 0.128 e. The lowest BCUT2D eigenvalue weighted by molar-refractivity contribution is 0.246. The third kappa shape index (κ3) is 4.73. The summed E-state index contributed by atoms with van der Waals surface area (Å²) < 4.78 is 3.73. The molecule has 6 rings (SSSR count). The molecule has 0 bridgehead atoms. The van der Waals surface area contributed by atoms with Gasteiger partial charge >= 0.3 is 0 Å². The van der Waals surface area contributed by atoms with Crippen molar-refractivity contribution < 1.29 is 0 Å². The summed E-state index contributed by atoms with van der Waals surface area (Å²) in [5, 5.41) is 8.95. The van der Waals surface area contributed by atoms with E-state index in [1.165, 1.54) is 0 Å². The van der Waals surface area contributed by atoms with Crippen LogP contribution >= 0.6 is 0 Å². The molecule has 9 nitrogen and oxygen atoms in total. The predicted molar refractivity (Wildman–Crippen MR) is 146 cm³/mol. The van der Waals surface area contributed by atoms with Crippen LogP contribution in [0.25, 0.3) is 27.8 Å². The van der Waals surface area contributed by atoms with Crippen molar-refractivity contribution in [2.45, 2.75) is 13.1 Å². The summed E-state index contributed by atoms with van der Waals surface area (Å²) in [6.07, 6.45) is 11.6. The SMILES string of the molecule is C=NCc1cnn2cc(-c3cnn(C)c3)cc(-c3ccc(N4CCN(Cc5ccccn5)CC4)nc3)c12. The number of anilines is 1. The highest BCUT2D eigenvalue weighted by Crippen LogP contribution is 2.32. The van der Waals surface area contributed by atoms with Crippen molar-refractivity contribution >= 4 is 18.1 Å². The van der Waals surface area contributed by atoms with Crippen LogP contribution in [0.5, 0.6) is 0 Å². The van der Waals surface area contributed by atoms with Crippen molar-refractivity contribution in [1.82, 2.24) is 34.3 Å². The van der Waals surface area contributed by atoms with Gasteiger partial charge in [-0.3, -0.25) is 19.6 Å². The van der Waals surface area contributed by atoms with E-state index in [-0.39, 0.29) is 0 Å². The molecule has 0 amide bonds. The van der Waals surface area contributed by atoms with E-state index in [2.05, 4.69) is 61.0 Å². The Labute approximate surface area is 215 Å². The Morgan fingerprint density at radius 1 is 0.892 bits per heavy atom.